The second-order valence-corrected chi connectivity index (χ2v) is 7.97. The summed E-state index contributed by atoms with van der Waals surface area (Å²) in [4.78, 5) is 14.6. The predicted octanol–water partition coefficient (Wildman–Crippen LogP) is 4.36. The number of ether oxygens (including phenoxy) is 2. The van der Waals surface area contributed by atoms with E-state index in [0.717, 1.165) is 47.2 Å². The molecule has 1 fully saturated rings. The molecule has 2 aliphatic rings. The summed E-state index contributed by atoms with van der Waals surface area (Å²) in [6, 6.07) is 14.0. The molecular weight excluding hydrogens is 396 g/mol. The zero-order valence-electron chi connectivity index (χ0n) is 15.6. The molecule has 1 saturated heterocycles. The van der Waals surface area contributed by atoms with Crippen LogP contribution in [0.1, 0.15) is 19.3 Å². The number of hydrogen-bond donors (Lipinski definition) is 2. The molecular formula is C21H25ClN2O3S. The lowest BCUT2D eigenvalue weighted by Crippen LogP contribution is -2.18. The van der Waals surface area contributed by atoms with E-state index in [1.54, 1.807) is 11.8 Å². The number of amides is 1. The summed E-state index contributed by atoms with van der Waals surface area (Å²) in [7, 11) is 0. The third kappa shape index (κ3) is 5.34. The number of carbonyl (C=O) groups is 1. The van der Waals surface area contributed by atoms with E-state index in [0.29, 0.717) is 31.3 Å². The van der Waals surface area contributed by atoms with Gasteiger partial charge in [-0.15, -0.1) is 12.4 Å². The van der Waals surface area contributed by atoms with Gasteiger partial charge in [-0.05, 0) is 44.0 Å². The van der Waals surface area contributed by atoms with Gasteiger partial charge in [-0.2, -0.15) is 0 Å². The Morgan fingerprint density at radius 2 is 1.89 bits per heavy atom. The molecule has 2 aromatic carbocycles. The van der Waals surface area contributed by atoms with Gasteiger partial charge in [0, 0.05) is 28.3 Å². The Morgan fingerprint density at radius 1 is 1.14 bits per heavy atom. The van der Waals surface area contributed by atoms with Crippen LogP contribution in [0.25, 0.3) is 0 Å². The minimum Gasteiger partial charge on any atom is -0.486 e. The first kappa shape index (κ1) is 20.8. The maximum Gasteiger partial charge on any atom is 0.224 e. The molecule has 28 heavy (non-hydrogen) atoms. The van der Waals surface area contributed by atoms with Crippen LogP contribution in [-0.2, 0) is 4.79 Å². The molecule has 2 N–H and O–H groups in total. The summed E-state index contributed by atoms with van der Waals surface area (Å²) in [5.74, 6) is 2.08. The van der Waals surface area contributed by atoms with Crippen molar-refractivity contribution in [3.05, 3.63) is 42.5 Å². The zero-order valence-corrected chi connectivity index (χ0v) is 17.2. The van der Waals surface area contributed by atoms with Gasteiger partial charge in [0.15, 0.2) is 11.5 Å². The molecule has 1 atom stereocenters. The van der Waals surface area contributed by atoms with E-state index >= 15 is 0 Å². The second-order valence-electron chi connectivity index (χ2n) is 6.85. The van der Waals surface area contributed by atoms with E-state index in [4.69, 9.17) is 9.47 Å². The van der Waals surface area contributed by atoms with Gasteiger partial charge in [0.1, 0.15) is 13.2 Å². The van der Waals surface area contributed by atoms with Crippen LogP contribution in [-0.4, -0.2) is 32.2 Å². The molecule has 2 heterocycles. The van der Waals surface area contributed by atoms with E-state index in [9.17, 15) is 4.79 Å². The summed E-state index contributed by atoms with van der Waals surface area (Å²) in [6.45, 7) is 3.16. The van der Waals surface area contributed by atoms with Gasteiger partial charge >= 0.3 is 0 Å². The maximum atomic E-state index is 12.5. The normalized spacial score (nSPS) is 17.6. The molecule has 0 radical (unpaired) electrons. The van der Waals surface area contributed by atoms with Crippen LogP contribution in [0.4, 0.5) is 5.69 Å². The largest absolute Gasteiger partial charge is 0.486 e. The average molecular weight is 421 g/mol. The number of benzene rings is 2. The van der Waals surface area contributed by atoms with Crippen LogP contribution in [0.3, 0.4) is 0 Å². The van der Waals surface area contributed by atoms with Gasteiger partial charge in [-0.25, -0.2) is 0 Å². The molecule has 0 aromatic heterocycles. The molecule has 1 amide bonds. The summed E-state index contributed by atoms with van der Waals surface area (Å²) in [6.07, 6.45) is 2.62. The Labute approximate surface area is 176 Å². The van der Waals surface area contributed by atoms with Gasteiger partial charge < -0.3 is 20.1 Å². The summed E-state index contributed by atoms with van der Waals surface area (Å²) < 4.78 is 11.4. The highest BCUT2D eigenvalue weighted by atomic mass is 35.5. The summed E-state index contributed by atoms with van der Waals surface area (Å²) >= 11 is 1.61. The van der Waals surface area contributed by atoms with Crippen LogP contribution in [0.5, 0.6) is 11.5 Å². The minimum absolute atomic E-state index is 0. The third-order valence-electron chi connectivity index (χ3n) is 4.83. The minimum atomic E-state index is 0. The Bertz CT molecular complexity index is 798. The Kier molecular flexibility index (Phi) is 7.48. The van der Waals surface area contributed by atoms with Crippen molar-refractivity contribution >= 4 is 35.8 Å². The first-order valence-corrected chi connectivity index (χ1v) is 10.3. The lowest BCUT2D eigenvalue weighted by Gasteiger charge is -2.21. The van der Waals surface area contributed by atoms with E-state index in [1.807, 2.05) is 30.3 Å². The number of carbonyl (C=O) groups excluding carboxylic acids is 1. The van der Waals surface area contributed by atoms with Gasteiger partial charge in [-0.1, -0.05) is 30.0 Å². The first-order chi connectivity index (χ1) is 13.3. The SMILES string of the molecule is Cl.O=C(CCC1CCNC1)Nc1cc2c(cc1Sc1ccccc1)OCCO2. The molecule has 0 spiro atoms. The molecule has 7 heteroatoms. The second kappa shape index (κ2) is 10.0. The number of halogens is 1. The number of nitrogens with one attached hydrogen (secondary N) is 2. The maximum absolute atomic E-state index is 12.5. The summed E-state index contributed by atoms with van der Waals surface area (Å²) in [5.41, 5.74) is 0.780. The number of fused-ring (bicyclic) bond motifs is 1. The molecule has 0 aliphatic carbocycles. The fraction of sp³-hybridized carbons (Fsp3) is 0.381. The van der Waals surface area contributed by atoms with Crippen molar-refractivity contribution in [2.45, 2.75) is 29.1 Å². The highest BCUT2D eigenvalue weighted by Gasteiger charge is 2.19. The van der Waals surface area contributed by atoms with Crippen molar-refractivity contribution in [2.24, 2.45) is 5.92 Å². The Hall–Kier alpha value is -1.89. The lowest BCUT2D eigenvalue weighted by molar-refractivity contribution is -0.116. The van der Waals surface area contributed by atoms with Gasteiger partial charge in [-0.3, -0.25) is 4.79 Å². The van der Waals surface area contributed by atoms with E-state index in [1.165, 1.54) is 0 Å². The van der Waals surface area contributed by atoms with Crippen LogP contribution >= 0.6 is 24.2 Å². The number of hydrogen-bond acceptors (Lipinski definition) is 5. The fourth-order valence-electron chi connectivity index (χ4n) is 3.38. The van der Waals surface area contributed by atoms with Gasteiger partial charge in [0.25, 0.3) is 0 Å². The number of anilines is 1. The molecule has 150 valence electrons. The first-order valence-electron chi connectivity index (χ1n) is 9.45. The molecule has 4 rings (SSSR count). The van der Waals surface area contributed by atoms with Crippen molar-refractivity contribution in [1.82, 2.24) is 5.32 Å². The average Bonchev–Trinajstić information content (AvgIpc) is 3.21. The molecule has 0 bridgehead atoms. The standard InChI is InChI=1S/C21H24N2O3S.ClH/c24-21(7-6-15-8-9-22-14-15)23-17-12-18-19(26-11-10-25-18)13-20(17)27-16-4-2-1-3-5-16;/h1-5,12-13,15,22H,6-11,14H2,(H,23,24);1H. The predicted molar refractivity (Wildman–Crippen MR) is 114 cm³/mol. The van der Waals surface area contributed by atoms with Crippen molar-refractivity contribution in [3.8, 4) is 11.5 Å². The van der Waals surface area contributed by atoms with Crippen LogP contribution in [0.15, 0.2) is 52.3 Å². The third-order valence-corrected chi connectivity index (χ3v) is 5.90. The van der Waals surface area contributed by atoms with Crippen LogP contribution in [0.2, 0.25) is 0 Å². The molecule has 2 aliphatic heterocycles. The zero-order chi connectivity index (χ0) is 18.5. The topological polar surface area (TPSA) is 59.6 Å². The smallest absolute Gasteiger partial charge is 0.224 e. The van der Waals surface area contributed by atoms with Crippen LogP contribution < -0.4 is 20.1 Å². The van der Waals surface area contributed by atoms with Crippen LogP contribution in [0, 0.1) is 5.92 Å². The highest BCUT2D eigenvalue weighted by molar-refractivity contribution is 7.99. The van der Waals surface area contributed by atoms with Crippen molar-refractivity contribution in [2.75, 3.05) is 31.6 Å². The number of rotatable bonds is 6. The van der Waals surface area contributed by atoms with Gasteiger partial charge in [0.2, 0.25) is 5.91 Å². The Morgan fingerprint density at radius 3 is 2.61 bits per heavy atom. The molecule has 2 aromatic rings. The summed E-state index contributed by atoms with van der Waals surface area (Å²) in [5, 5.41) is 6.44. The van der Waals surface area contributed by atoms with E-state index < -0.39 is 0 Å². The lowest BCUT2D eigenvalue weighted by atomic mass is 10.0. The van der Waals surface area contributed by atoms with Crippen molar-refractivity contribution in [3.63, 3.8) is 0 Å². The molecule has 1 unspecified atom stereocenters. The van der Waals surface area contributed by atoms with E-state index in [2.05, 4.69) is 22.8 Å². The van der Waals surface area contributed by atoms with Crippen molar-refractivity contribution in [1.29, 1.82) is 0 Å². The fourth-order valence-corrected chi connectivity index (χ4v) is 4.31. The monoisotopic (exact) mass is 420 g/mol. The quantitative estimate of drug-likeness (QED) is 0.727. The molecule has 5 nitrogen and oxygen atoms in total. The van der Waals surface area contributed by atoms with Gasteiger partial charge in [0.05, 0.1) is 5.69 Å². The highest BCUT2D eigenvalue weighted by Crippen LogP contribution is 2.42. The Balaban J connectivity index is 0.00000225. The molecule has 0 saturated carbocycles. The van der Waals surface area contributed by atoms with Crippen molar-refractivity contribution < 1.29 is 14.3 Å². The van der Waals surface area contributed by atoms with E-state index in [-0.39, 0.29) is 18.3 Å².